The fraction of sp³-hybridized carbons (Fsp3) is 0.600. The Bertz CT molecular complexity index is 1050. The highest BCUT2D eigenvalue weighted by atomic mass is 32.2. The zero-order valence-electron chi connectivity index (χ0n) is 20.4. The molecule has 1 aromatic heterocycles. The van der Waals surface area contributed by atoms with Crippen molar-refractivity contribution in [1.82, 2.24) is 9.47 Å². The van der Waals surface area contributed by atoms with Crippen LogP contribution in [0.4, 0.5) is 5.82 Å². The number of nitrogens with zero attached hydrogens (tertiary/aromatic N) is 4. The van der Waals surface area contributed by atoms with Gasteiger partial charge < -0.3 is 9.64 Å². The van der Waals surface area contributed by atoms with Crippen molar-refractivity contribution in [2.24, 2.45) is 0 Å². The van der Waals surface area contributed by atoms with Gasteiger partial charge in [0.1, 0.15) is 21.8 Å². The first-order valence-corrected chi connectivity index (χ1v) is 13.4. The van der Waals surface area contributed by atoms with Crippen LogP contribution in [0.2, 0.25) is 0 Å². The van der Waals surface area contributed by atoms with Crippen LogP contribution in [0.5, 0.6) is 0 Å². The third kappa shape index (κ3) is 5.73. The number of amides is 1. The summed E-state index contributed by atoms with van der Waals surface area (Å²) in [6.07, 6.45) is 8.15. The van der Waals surface area contributed by atoms with Crippen molar-refractivity contribution in [2.75, 3.05) is 37.7 Å². The molecule has 0 aliphatic carbocycles. The van der Waals surface area contributed by atoms with Crippen LogP contribution < -0.4 is 10.5 Å². The van der Waals surface area contributed by atoms with E-state index >= 15 is 0 Å². The van der Waals surface area contributed by atoms with E-state index in [-0.39, 0.29) is 17.0 Å². The van der Waals surface area contributed by atoms with Crippen LogP contribution >= 0.6 is 24.0 Å². The van der Waals surface area contributed by atoms with E-state index in [2.05, 4.69) is 17.9 Å². The number of hydrogen-bond acceptors (Lipinski definition) is 7. The minimum Gasteiger partial charge on any atom is -0.378 e. The van der Waals surface area contributed by atoms with Crippen molar-refractivity contribution in [3.8, 4) is 6.07 Å². The molecule has 2 fully saturated rings. The SMILES string of the molecule is CCCCCCCN1C(=O)C(=Cc2c(C)c(C#N)c(=O)n(CCC)c2N2CCOCC2)SC1=S. The van der Waals surface area contributed by atoms with Crippen molar-refractivity contribution < 1.29 is 9.53 Å². The molecule has 0 aromatic carbocycles. The zero-order chi connectivity index (χ0) is 24.7. The van der Waals surface area contributed by atoms with Crippen LogP contribution in [0.1, 0.15) is 69.1 Å². The third-order valence-electron chi connectivity index (χ3n) is 6.24. The van der Waals surface area contributed by atoms with Gasteiger partial charge >= 0.3 is 0 Å². The van der Waals surface area contributed by atoms with Crippen LogP contribution in [-0.2, 0) is 16.1 Å². The Kier molecular flexibility index (Phi) is 9.74. The first-order valence-electron chi connectivity index (χ1n) is 12.2. The predicted octanol–water partition coefficient (Wildman–Crippen LogP) is 4.45. The quantitative estimate of drug-likeness (QED) is 0.266. The number of unbranched alkanes of at least 4 members (excludes halogenated alkanes) is 4. The number of thioether (sulfide) groups is 1. The summed E-state index contributed by atoms with van der Waals surface area (Å²) in [6, 6.07) is 2.10. The molecule has 0 bridgehead atoms. The third-order valence-corrected chi connectivity index (χ3v) is 7.62. The average molecular weight is 503 g/mol. The summed E-state index contributed by atoms with van der Waals surface area (Å²) in [6.45, 7) is 9.54. The molecule has 0 saturated carbocycles. The van der Waals surface area contributed by atoms with Crippen LogP contribution in [0, 0.1) is 18.3 Å². The number of carbonyl (C=O) groups excluding carboxylic acids is 1. The Balaban J connectivity index is 2.02. The molecule has 2 aliphatic heterocycles. The summed E-state index contributed by atoms with van der Waals surface area (Å²) < 4.78 is 7.79. The molecule has 7 nitrogen and oxygen atoms in total. The highest BCUT2D eigenvalue weighted by Gasteiger charge is 2.33. The smallest absolute Gasteiger partial charge is 0.270 e. The van der Waals surface area contributed by atoms with Crippen molar-refractivity contribution in [2.45, 2.75) is 65.8 Å². The number of rotatable bonds is 10. The van der Waals surface area contributed by atoms with Gasteiger partial charge in [0.2, 0.25) is 0 Å². The van der Waals surface area contributed by atoms with Gasteiger partial charge in [-0.05, 0) is 31.4 Å². The molecule has 3 rings (SSSR count). The monoisotopic (exact) mass is 502 g/mol. The van der Waals surface area contributed by atoms with Crippen molar-refractivity contribution >= 4 is 46.1 Å². The minimum atomic E-state index is -0.278. The lowest BCUT2D eigenvalue weighted by Crippen LogP contribution is -2.41. The Morgan fingerprint density at radius 2 is 1.79 bits per heavy atom. The van der Waals surface area contributed by atoms with Gasteiger partial charge in [0.05, 0.1) is 18.1 Å². The molecule has 0 spiro atoms. The highest BCUT2D eigenvalue weighted by molar-refractivity contribution is 8.26. The number of aromatic nitrogens is 1. The molecule has 0 unspecified atom stereocenters. The van der Waals surface area contributed by atoms with Gasteiger partial charge in [0.15, 0.2) is 0 Å². The fourth-order valence-electron chi connectivity index (χ4n) is 4.39. The van der Waals surface area contributed by atoms with E-state index in [1.807, 2.05) is 13.0 Å². The van der Waals surface area contributed by atoms with Crippen LogP contribution in [-0.4, -0.2) is 52.5 Å². The van der Waals surface area contributed by atoms with E-state index in [1.165, 1.54) is 31.0 Å². The molecular weight excluding hydrogens is 468 g/mol. The molecule has 2 aliphatic rings. The number of morpholine rings is 1. The molecule has 34 heavy (non-hydrogen) atoms. The fourth-order valence-corrected chi connectivity index (χ4v) is 5.68. The molecule has 184 valence electrons. The number of hydrogen-bond donors (Lipinski definition) is 0. The molecular formula is C25H34N4O3S2. The van der Waals surface area contributed by atoms with E-state index < -0.39 is 0 Å². The number of anilines is 1. The second-order valence-electron chi connectivity index (χ2n) is 8.65. The number of pyridine rings is 1. The highest BCUT2D eigenvalue weighted by Crippen LogP contribution is 2.36. The van der Waals surface area contributed by atoms with Crippen molar-refractivity contribution in [3.63, 3.8) is 0 Å². The Morgan fingerprint density at radius 1 is 1.09 bits per heavy atom. The average Bonchev–Trinajstić information content (AvgIpc) is 3.10. The lowest BCUT2D eigenvalue weighted by atomic mass is 10.0. The molecule has 0 atom stereocenters. The van der Waals surface area contributed by atoms with E-state index in [0.717, 1.165) is 30.6 Å². The summed E-state index contributed by atoms with van der Waals surface area (Å²) in [5, 5.41) is 9.75. The topological polar surface area (TPSA) is 78.6 Å². The lowest BCUT2D eigenvalue weighted by molar-refractivity contribution is -0.122. The van der Waals surface area contributed by atoms with Crippen LogP contribution in [0.15, 0.2) is 9.70 Å². The number of nitriles is 1. The number of thiocarbonyl (C=S) groups is 1. The zero-order valence-corrected chi connectivity index (χ0v) is 22.0. The molecule has 0 radical (unpaired) electrons. The molecule has 9 heteroatoms. The summed E-state index contributed by atoms with van der Waals surface area (Å²) in [7, 11) is 0. The van der Waals surface area contributed by atoms with Crippen LogP contribution in [0.3, 0.4) is 0 Å². The standard InChI is InChI=1S/C25H34N4O3S2/c1-4-6-7-8-9-11-29-24(31)21(34-25(29)33)16-19-18(3)20(17-26)23(30)28(10-5-2)22(19)27-12-14-32-15-13-27/h16H,4-15H2,1-3H3. The molecule has 2 saturated heterocycles. The van der Waals surface area contributed by atoms with E-state index in [9.17, 15) is 14.9 Å². The second kappa shape index (κ2) is 12.5. The van der Waals surface area contributed by atoms with Gasteiger partial charge in [-0.1, -0.05) is 63.5 Å². The minimum absolute atomic E-state index is 0.0930. The normalized spacial score (nSPS) is 17.6. The van der Waals surface area contributed by atoms with Gasteiger partial charge in [-0.25, -0.2) is 0 Å². The first kappa shape index (κ1) is 26.5. The summed E-state index contributed by atoms with van der Waals surface area (Å²) in [5.41, 5.74) is 1.20. The number of ether oxygens (including phenoxy) is 1. The van der Waals surface area contributed by atoms with E-state index in [4.69, 9.17) is 17.0 Å². The van der Waals surface area contributed by atoms with Gasteiger partial charge in [-0.2, -0.15) is 5.26 Å². The molecule has 1 amide bonds. The van der Waals surface area contributed by atoms with Gasteiger partial charge in [0, 0.05) is 31.7 Å². The number of carbonyl (C=O) groups is 1. The largest absolute Gasteiger partial charge is 0.378 e. The van der Waals surface area contributed by atoms with E-state index in [0.29, 0.717) is 54.2 Å². The summed E-state index contributed by atoms with van der Waals surface area (Å²) in [4.78, 5) is 30.8. The maximum atomic E-state index is 13.3. The predicted molar refractivity (Wildman–Crippen MR) is 142 cm³/mol. The summed E-state index contributed by atoms with van der Waals surface area (Å²) in [5.74, 6) is 0.668. The molecule has 3 heterocycles. The maximum Gasteiger partial charge on any atom is 0.270 e. The maximum absolute atomic E-state index is 13.3. The Labute approximate surface area is 211 Å². The van der Waals surface area contributed by atoms with Gasteiger partial charge in [0.25, 0.3) is 11.5 Å². The van der Waals surface area contributed by atoms with Crippen molar-refractivity contribution in [3.05, 3.63) is 31.9 Å². The lowest BCUT2D eigenvalue weighted by Gasteiger charge is -2.33. The van der Waals surface area contributed by atoms with Crippen molar-refractivity contribution in [1.29, 1.82) is 5.26 Å². The van der Waals surface area contributed by atoms with E-state index in [1.54, 1.807) is 16.4 Å². The second-order valence-corrected chi connectivity index (χ2v) is 10.3. The Hall–Kier alpha value is -2.15. The molecule has 1 aromatic rings. The van der Waals surface area contributed by atoms with Crippen LogP contribution in [0.25, 0.3) is 6.08 Å². The van der Waals surface area contributed by atoms with Gasteiger partial charge in [-0.3, -0.25) is 19.1 Å². The Morgan fingerprint density at radius 3 is 2.44 bits per heavy atom. The molecule has 0 N–H and O–H groups in total. The summed E-state index contributed by atoms with van der Waals surface area (Å²) >= 11 is 6.83. The first-order chi connectivity index (χ1) is 16.4. The van der Waals surface area contributed by atoms with Gasteiger partial charge in [-0.15, -0.1) is 0 Å².